The predicted molar refractivity (Wildman–Crippen MR) is 97.3 cm³/mol. The van der Waals surface area contributed by atoms with Crippen molar-refractivity contribution in [1.82, 2.24) is 10.2 Å². The lowest BCUT2D eigenvalue weighted by molar-refractivity contribution is -0.134. The SMILES string of the molecule is CCC1CCCCN1C(=O)CCNCCc1ccc(Cl)cc1Cl. The maximum atomic E-state index is 12.3. The molecule has 1 N–H and O–H groups in total. The van der Waals surface area contributed by atoms with E-state index in [1.54, 1.807) is 6.07 Å². The first-order valence-corrected chi connectivity index (χ1v) is 9.31. The lowest BCUT2D eigenvalue weighted by Gasteiger charge is -2.35. The van der Waals surface area contributed by atoms with Gasteiger partial charge in [-0.15, -0.1) is 0 Å². The summed E-state index contributed by atoms with van der Waals surface area (Å²) in [5, 5.41) is 4.70. The third-order valence-corrected chi connectivity index (χ3v) is 5.11. The zero-order valence-electron chi connectivity index (χ0n) is 13.8. The van der Waals surface area contributed by atoms with Crippen molar-refractivity contribution in [2.24, 2.45) is 0 Å². The van der Waals surface area contributed by atoms with Crippen molar-refractivity contribution >= 4 is 29.1 Å². The number of carbonyl (C=O) groups is 1. The number of hydrogen-bond acceptors (Lipinski definition) is 2. The average Bonchev–Trinajstić information content (AvgIpc) is 2.56. The lowest BCUT2D eigenvalue weighted by atomic mass is 9.99. The number of carbonyl (C=O) groups excluding carboxylic acids is 1. The minimum Gasteiger partial charge on any atom is -0.340 e. The van der Waals surface area contributed by atoms with E-state index in [4.69, 9.17) is 23.2 Å². The normalized spacial score (nSPS) is 18.2. The van der Waals surface area contributed by atoms with Crippen LogP contribution in [0.3, 0.4) is 0 Å². The Balaban J connectivity index is 1.67. The summed E-state index contributed by atoms with van der Waals surface area (Å²) in [7, 11) is 0. The molecule has 128 valence electrons. The minimum absolute atomic E-state index is 0.286. The first kappa shape index (κ1) is 18.6. The van der Waals surface area contributed by atoms with Crippen LogP contribution in [0.4, 0.5) is 0 Å². The Labute approximate surface area is 149 Å². The molecule has 1 heterocycles. The second kappa shape index (κ2) is 9.51. The number of piperidine rings is 1. The van der Waals surface area contributed by atoms with Crippen molar-refractivity contribution in [3.8, 4) is 0 Å². The van der Waals surface area contributed by atoms with Crippen molar-refractivity contribution in [1.29, 1.82) is 0 Å². The van der Waals surface area contributed by atoms with Gasteiger partial charge in [0.25, 0.3) is 0 Å². The van der Waals surface area contributed by atoms with Gasteiger partial charge in [0.15, 0.2) is 0 Å². The molecule has 0 aliphatic carbocycles. The molecule has 1 aliphatic rings. The fourth-order valence-electron chi connectivity index (χ4n) is 3.16. The molecule has 1 fully saturated rings. The Morgan fingerprint density at radius 3 is 2.87 bits per heavy atom. The third-order valence-electron chi connectivity index (χ3n) is 4.52. The van der Waals surface area contributed by atoms with E-state index >= 15 is 0 Å². The van der Waals surface area contributed by atoms with Gasteiger partial charge in [0.1, 0.15) is 0 Å². The highest BCUT2D eigenvalue weighted by atomic mass is 35.5. The van der Waals surface area contributed by atoms with Crippen molar-refractivity contribution in [3.05, 3.63) is 33.8 Å². The predicted octanol–water partition coefficient (Wildman–Crippen LogP) is 4.31. The van der Waals surface area contributed by atoms with E-state index in [9.17, 15) is 4.79 Å². The molecule has 23 heavy (non-hydrogen) atoms. The molecule has 1 aromatic rings. The van der Waals surface area contributed by atoms with E-state index in [0.29, 0.717) is 22.5 Å². The van der Waals surface area contributed by atoms with Gasteiger partial charge in [-0.1, -0.05) is 36.2 Å². The summed E-state index contributed by atoms with van der Waals surface area (Å²) in [6.45, 7) is 4.63. The summed E-state index contributed by atoms with van der Waals surface area (Å²) in [5.74, 6) is 0.286. The number of nitrogens with zero attached hydrogens (tertiary/aromatic N) is 1. The fourth-order valence-corrected chi connectivity index (χ4v) is 3.67. The number of amides is 1. The zero-order valence-corrected chi connectivity index (χ0v) is 15.3. The van der Waals surface area contributed by atoms with Crippen LogP contribution >= 0.6 is 23.2 Å². The van der Waals surface area contributed by atoms with Crippen LogP contribution in [-0.2, 0) is 11.2 Å². The highest BCUT2D eigenvalue weighted by molar-refractivity contribution is 6.35. The molecule has 1 aromatic carbocycles. The third kappa shape index (κ3) is 5.66. The molecule has 0 radical (unpaired) electrons. The van der Waals surface area contributed by atoms with Crippen LogP contribution < -0.4 is 5.32 Å². The fraction of sp³-hybridized carbons (Fsp3) is 0.611. The van der Waals surface area contributed by atoms with Crippen LogP contribution in [0.2, 0.25) is 10.0 Å². The number of rotatable bonds is 7. The maximum absolute atomic E-state index is 12.3. The van der Waals surface area contributed by atoms with Crippen molar-refractivity contribution in [2.45, 2.75) is 51.5 Å². The smallest absolute Gasteiger partial charge is 0.224 e. The molecule has 1 atom stereocenters. The topological polar surface area (TPSA) is 32.3 Å². The van der Waals surface area contributed by atoms with Crippen molar-refractivity contribution in [2.75, 3.05) is 19.6 Å². The first-order valence-electron chi connectivity index (χ1n) is 8.56. The minimum atomic E-state index is 0.286. The molecule has 0 aromatic heterocycles. The van der Waals surface area contributed by atoms with E-state index in [1.807, 2.05) is 12.1 Å². The van der Waals surface area contributed by atoms with Crippen molar-refractivity contribution < 1.29 is 4.79 Å². The monoisotopic (exact) mass is 356 g/mol. The zero-order chi connectivity index (χ0) is 16.7. The molecular weight excluding hydrogens is 331 g/mol. The number of hydrogen-bond donors (Lipinski definition) is 1. The molecule has 1 unspecified atom stereocenters. The molecule has 2 rings (SSSR count). The van der Waals surface area contributed by atoms with E-state index in [0.717, 1.165) is 50.9 Å². The van der Waals surface area contributed by atoms with Crippen LogP contribution in [0.15, 0.2) is 18.2 Å². The Morgan fingerprint density at radius 1 is 1.30 bits per heavy atom. The van der Waals surface area contributed by atoms with Gasteiger partial charge in [-0.2, -0.15) is 0 Å². The van der Waals surface area contributed by atoms with Crippen LogP contribution in [0.5, 0.6) is 0 Å². The van der Waals surface area contributed by atoms with Gasteiger partial charge in [0.05, 0.1) is 0 Å². The Kier molecular flexibility index (Phi) is 7.68. The molecule has 0 spiro atoms. The van der Waals surface area contributed by atoms with E-state index in [1.165, 1.54) is 6.42 Å². The molecule has 1 amide bonds. The summed E-state index contributed by atoms with van der Waals surface area (Å²) in [5.41, 5.74) is 1.08. The van der Waals surface area contributed by atoms with E-state index in [-0.39, 0.29) is 5.91 Å². The Bertz CT molecular complexity index is 522. The highest BCUT2D eigenvalue weighted by Crippen LogP contribution is 2.21. The highest BCUT2D eigenvalue weighted by Gasteiger charge is 2.24. The van der Waals surface area contributed by atoms with Crippen LogP contribution in [0.1, 0.15) is 44.6 Å². The van der Waals surface area contributed by atoms with Gasteiger partial charge < -0.3 is 10.2 Å². The Morgan fingerprint density at radius 2 is 2.13 bits per heavy atom. The standard InChI is InChI=1S/C18H26Cl2N2O/c1-2-16-5-3-4-12-22(16)18(23)9-11-21-10-8-14-6-7-15(19)13-17(14)20/h6-7,13,16,21H,2-5,8-12H2,1H3. The molecule has 1 aliphatic heterocycles. The molecule has 1 saturated heterocycles. The van der Waals surface area contributed by atoms with Gasteiger partial charge >= 0.3 is 0 Å². The lowest BCUT2D eigenvalue weighted by Crippen LogP contribution is -2.44. The number of nitrogens with one attached hydrogen (secondary N) is 1. The summed E-state index contributed by atoms with van der Waals surface area (Å²) in [6.07, 6.45) is 6.03. The molecule has 0 saturated carbocycles. The Hall–Kier alpha value is -0.770. The summed E-state index contributed by atoms with van der Waals surface area (Å²) in [6, 6.07) is 6.03. The van der Waals surface area contributed by atoms with Crippen LogP contribution in [-0.4, -0.2) is 36.5 Å². The average molecular weight is 357 g/mol. The molecular formula is C18H26Cl2N2O. The summed E-state index contributed by atoms with van der Waals surface area (Å²) >= 11 is 12.0. The number of benzene rings is 1. The number of halogens is 2. The van der Waals surface area contributed by atoms with Crippen molar-refractivity contribution in [3.63, 3.8) is 0 Å². The van der Waals surface area contributed by atoms with E-state index in [2.05, 4.69) is 17.1 Å². The second-order valence-corrected chi connectivity index (χ2v) is 6.97. The molecule has 3 nitrogen and oxygen atoms in total. The van der Waals surface area contributed by atoms with Gasteiger partial charge in [-0.05, 0) is 56.3 Å². The second-order valence-electron chi connectivity index (χ2n) is 6.13. The quantitative estimate of drug-likeness (QED) is 0.738. The maximum Gasteiger partial charge on any atom is 0.224 e. The molecule has 5 heteroatoms. The number of likely N-dealkylation sites (tertiary alicyclic amines) is 1. The first-order chi connectivity index (χ1) is 11.1. The van der Waals surface area contributed by atoms with Gasteiger partial charge in [0, 0.05) is 35.6 Å². The van der Waals surface area contributed by atoms with Gasteiger partial charge in [0.2, 0.25) is 5.91 Å². The largest absolute Gasteiger partial charge is 0.340 e. The van der Waals surface area contributed by atoms with Gasteiger partial charge in [-0.25, -0.2) is 0 Å². The summed E-state index contributed by atoms with van der Waals surface area (Å²) in [4.78, 5) is 14.4. The van der Waals surface area contributed by atoms with Crippen LogP contribution in [0.25, 0.3) is 0 Å². The summed E-state index contributed by atoms with van der Waals surface area (Å²) < 4.78 is 0. The van der Waals surface area contributed by atoms with E-state index < -0.39 is 0 Å². The van der Waals surface area contributed by atoms with Crippen LogP contribution in [0, 0.1) is 0 Å². The van der Waals surface area contributed by atoms with Gasteiger partial charge in [-0.3, -0.25) is 4.79 Å². The molecule has 0 bridgehead atoms.